The van der Waals surface area contributed by atoms with Crippen molar-refractivity contribution in [3.8, 4) is 0 Å². The average molecular weight is 477 g/mol. The second-order valence-corrected chi connectivity index (χ2v) is 8.89. The number of nitrogens with zero attached hydrogens (tertiary/aromatic N) is 4. The molecule has 0 radical (unpaired) electrons. The topological polar surface area (TPSA) is 191 Å². The number of amides is 4. The first-order valence-electron chi connectivity index (χ1n) is 10.5. The Morgan fingerprint density at radius 2 is 2.06 bits per heavy atom. The van der Waals surface area contributed by atoms with Gasteiger partial charge in [-0.1, -0.05) is 11.5 Å². The van der Waals surface area contributed by atoms with Crippen LogP contribution in [-0.4, -0.2) is 58.9 Å². The minimum Gasteiger partial charge on any atom is -0.354 e. The number of nitrogens with one attached hydrogen (secondary N) is 4. The van der Waals surface area contributed by atoms with Crippen molar-refractivity contribution in [3.05, 3.63) is 44.3 Å². The van der Waals surface area contributed by atoms with Gasteiger partial charge in [-0.2, -0.15) is 11.8 Å². The van der Waals surface area contributed by atoms with E-state index in [9.17, 15) is 24.5 Å². The molecule has 0 aliphatic carbocycles. The lowest BCUT2D eigenvalue weighted by atomic mass is 10.0. The van der Waals surface area contributed by atoms with Crippen molar-refractivity contribution < 1.29 is 19.3 Å². The van der Waals surface area contributed by atoms with E-state index in [1.54, 1.807) is 0 Å². The Kier molecular flexibility index (Phi) is 8.33. The first-order valence-corrected chi connectivity index (χ1v) is 11.5. The van der Waals surface area contributed by atoms with Crippen molar-refractivity contribution >= 4 is 41.0 Å². The number of thioether (sulfide) groups is 1. The van der Waals surface area contributed by atoms with Gasteiger partial charge in [-0.3, -0.25) is 19.7 Å². The lowest BCUT2D eigenvalue weighted by molar-refractivity contribution is -0.385. The molecular weight excluding hydrogens is 452 g/mol. The number of nitro groups is 1. The van der Waals surface area contributed by atoms with Gasteiger partial charge in [0, 0.05) is 47.2 Å². The number of benzene rings is 1. The molecule has 13 nitrogen and oxygen atoms in total. The van der Waals surface area contributed by atoms with Crippen LogP contribution in [0.15, 0.2) is 23.3 Å². The molecule has 0 aromatic heterocycles. The first kappa shape index (κ1) is 24.1. The van der Waals surface area contributed by atoms with E-state index in [2.05, 4.69) is 31.3 Å². The number of unbranched alkanes of at least 4 members (excludes halogenated alkanes) is 1. The van der Waals surface area contributed by atoms with Crippen LogP contribution < -0.4 is 21.3 Å². The van der Waals surface area contributed by atoms with Crippen LogP contribution in [0.3, 0.4) is 0 Å². The standard InChI is InChI=1S/C19H24N8O5S/c20-26-25-11-5-6-14(27(31)32)12(9-11)18(29)22-8-7-21-16(28)4-2-1-3-15-17-13(10-33-15)23-19(30)24-17/h5-6,9,13,15,17H,1-4,7-8,10H2,(H,21,28)(H,22,29)(H2,23,24,30)/t13-,15-,17-/m0/s1. The maximum Gasteiger partial charge on any atom is 0.315 e. The fourth-order valence-corrected chi connectivity index (χ4v) is 5.36. The number of hydrogen-bond acceptors (Lipinski definition) is 7. The molecule has 1 aromatic rings. The summed E-state index contributed by atoms with van der Waals surface area (Å²) in [6.07, 6.45) is 2.85. The van der Waals surface area contributed by atoms with Crippen molar-refractivity contribution in [2.24, 2.45) is 5.11 Å². The van der Waals surface area contributed by atoms with Crippen LogP contribution in [0.2, 0.25) is 0 Å². The van der Waals surface area contributed by atoms with Gasteiger partial charge in [-0.05, 0) is 30.5 Å². The van der Waals surface area contributed by atoms with Gasteiger partial charge in [0.25, 0.3) is 11.6 Å². The summed E-state index contributed by atoms with van der Waals surface area (Å²) in [5, 5.41) is 25.9. The quantitative estimate of drug-likeness (QED) is 0.0718. The molecule has 1 aromatic carbocycles. The number of fused-ring (bicyclic) bond motifs is 1. The Bertz CT molecular complexity index is 983. The lowest BCUT2D eigenvalue weighted by Crippen LogP contribution is -2.36. The molecular formula is C19H24N8O5S. The molecule has 4 amide bonds. The van der Waals surface area contributed by atoms with Crippen LogP contribution in [-0.2, 0) is 4.79 Å². The summed E-state index contributed by atoms with van der Waals surface area (Å²) < 4.78 is 0. The summed E-state index contributed by atoms with van der Waals surface area (Å²) in [4.78, 5) is 48.8. The Labute approximate surface area is 193 Å². The van der Waals surface area contributed by atoms with Crippen molar-refractivity contribution in [2.45, 2.75) is 43.0 Å². The molecule has 33 heavy (non-hydrogen) atoms. The van der Waals surface area contributed by atoms with Gasteiger partial charge in [0.2, 0.25) is 5.91 Å². The van der Waals surface area contributed by atoms with E-state index in [-0.39, 0.29) is 48.4 Å². The zero-order valence-corrected chi connectivity index (χ0v) is 18.5. The first-order chi connectivity index (χ1) is 15.9. The number of urea groups is 1. The molecule has 14 heteroatoms. The molecule has 0 unspecified atom stereocenters. The molecule has 2 heterocycles. The highest BCUT2D eigenvalue weighted by molar-refractivity contribution is 8.00. The minimum absolute atomic E-state index is 0.0830. The maximum absolute atomic E-state index is 12.3. The predicted molar refractivity (Wildman–Crippen MR) is 121 cm³/mol. The van der Waals surface area contributed by atoms with Crippen LogP contribution in [0.25, 0.3) is 10.4 Å². The Morgan fingerprint density at radius 3 is 2.82 bits per heavy atom. The number of nitro benzene ring substituents is 1. The van der Waals surface area contributed by atoms with Gasteiger partial charge in [0.05, 0.1) is 17.0 Å². The number of hydrogen-bond donors (Lipinski definition) is 4. The molecule has 3 rings (SSSR count). The molecule has 2 aliphatic heterocycles. The fraction of sp³-hybridized carbons (Fsp3) is 0.526. The van der Waals surface area contributed by atoms with E-state index in [0.717, 1.165) is 30.7 Å². The predicted octanol–water partition coefficient (Wildman–Crippen LogP) is 2.11. The van der Waals surface area contributed by atoms with Gasteiger partial charge in [0.1, 0.15) is 5.56 Å². The van der Waals surface area contributed by atoms with Crippen LogP contribution in [0.4, 0.5) is 16.2 Å². The third-order valence-electron chi connectivity index (χ3n) is 5.40. The highest BCUT2D eigenvalue weighted by atomic mass is 32.2. The maximum atomic E-state index is 12.3. The fourth-order valence-electron chi connectivity index (χ4n) is 3.81. The van der Waals surface area contributed by atoms with Gasteiger partial charge in [0.15, 0.2) is 0 Å². The molecule has 3 atom stereocenters. The molecule has 2 aliphatic rings. The highest BCUT2D eigenvalue weighted by Crippen LogP contribution is 2.33. The van der Waals surface area contributed by atoms with Crippen LogP contribution in [0.1, 0.15) is 36.0 Å². The van der Waals surface area contributed by atoms with Gasteiger partial charge >= 0.3 is 6.03 Å². The van der Waals surface area contributed by atoms with Crippen LogP contribution in [0.5, 0.6) is 0 Å². The Morgan fingerprint density at radius 1 is 1.27 bits per heavy atom. The van der Waals surface area contributed by atoms with Gasteiger partial charge < -0.3 is 21.3 Å². The van der Waals surface area contributed by atoms with Crippen molar-refractivity contribution in [1.29, 1.82) is 0 Å². The van der Waals surface area contributed by atoms with Crippen molar-refractivity contribution in [1.82, 2.24) is 21.3 Å². The van der Waals surface area contributed by atoms with E-state index in [4.69, 9.17) is 5.53 Å². The van der Waals surface area contributed by atoms with Crippen LogP contribution in [0, 0.1) is 10.1 Å². The number of azide groups is 1. The van der Waals surface area contributed by atoms with E-state index >= 15 is 0 Å². The lowest BCUT2D eigenvalue weighted by Gasteiger charge is -2.16. The third kappa shape index (κ3) is 6.49. The minimum atomic E-state index is -0.702. The molecule has 2 fully saturated rings. The number of carbonyl (C=O) groups is 3. The van der Waals surface area contributed by atoms with E-state index in [0.29, 0.717) is 18.1 Å². The van der Waals surface area contributed by atoms with Gasteiger partial charge in [-0.25, -0.2) is 4.79 Å². The monoisotopic (exact) mass is 476 g/mol. The molecule has 0 saturated carbocycles. The number of rotatable bonds is 11. The summed E-state index contributed by atoms with van der Waals surface area (Å²) >= 11 is 1.84. The third-order valence-corrected chi connectivity index (χ3v) is 6.90. The summed E-state index contributed by atoms with van der Waals surface area (Å²) in [5.41, 5.74) is 7.94. The van der Waals surface area contributed by atoms with Crippen molar-refractivity contribution in [3.63, 3.8) is 0 Å². The summed E-state index contributed by atoms with van der Waals surface area (Å²) in [6.45, 7) is 0.260. The molecule has 2 saturated heterocycles. The normalized spacial score (nSPS) is 20.7. The molecule has 0 bridgehead atoms. The zero-order chi connectivity index (χ0) is 23.8. The van der Waals surface area contributed by atoms with E-state index in [1.807, 2.05) is 11.8 Å². The summed E-state index contributed by atoms with van der Waals surface area (Å²) in [5.74, 6) is 0.0550. The zero-order valence-electron chi connectivity index (χ0n) is 17.7. The molecule has 0 spiro atoms. The molecule has 4 N–H and O–H groups in total. The SMILES string of the molecule is [N-]=[N+]=Nc1ccc([N+](=O)[O-])c(C(=O)NCCNC(=O)CCCC[C@@H]2SC[C@@H]3NC(=O)N[C@@H]32)c1. The van der Waals surface area contributed by atoms with E-state index < -0.39 is 16.5 Å². The van der Waals surface area contributed by atoms with E-state index in [1.165, 1.54) is 6.07 Å². The second kappa shape index (κ2) is 11.4. The number of carbonyl (C=O) groups excluding carboxylic acids is 3. The summed E-state index contributed by atoms with van der Waals surface area (Å²) in [6, 6.07) is 3.72. The highest BCUT2D eigenvalue weighted by Gasteiger charge is 2.42. The Balaban J connectivity index is 1.34. The summed E-state index contributed by atoms with van der Waals surface area (Å²) in [7, 11) is 0. The second-order valence-electron chi connectivity index (χ2n) is 7.62. The van der Waals surface area contributed by atoms with Gasteiger partial charge in [-0.15, -0.1) is 0 Å². The van der Waals surface area contributed by atoms with Crippen LogP contribution >= 0.6 is 11.8 Å². The largest absolute Gasteiger partial charge is 0.354 e. The smallest absolute Gasteiger partial charge is 0.315 e. The molecule has 176 valence electrons. The average Bonchev–Trinajstić information content (AvgIpc) is 3.33. The van der Waals surface area contributed by atoms with Crippen molar-refractivity contribution in [2.75, 3.05) is 18.8 Å². The Hall–Kier alpha value is -3.51.